The van der Waals surface area contributed by atoms with Crippen molar-refractivity contribution in [3.63, 3.8) is 0 Å². The Hall–Kier alpha value is -3.68. The zero-order valence-corrected chi connectivity index (χ0v) is 16.9. The lowest BCUT2D eigenvalue weighted by molar-refractivity contribution is -0.136. The van der Waals surface area contributed by atoms with Gasteiger partial charge in [0, 0.05) is 37.3 Å². The summed E-state index contributed by atoms with van der Waals surface area (Å²) >= 11 is 0. The summed E-state index contributed by atoms with van der Waals surface area (Å²) in [5.74, 6) is -0.970. The van der Waals surface area contributed by atoms with Gasteiger partial charge in [0.05, 0.1) is 0 Å². The number of urea groups is 1. The molecule has 31 heavy (non-hydrogen) atoms. The molecule has 2 aromatic rings. The summed E-state index contributed by atoms with van der Waals surface area (Å²) in [6.07, 6.45) is 1.37. The van der Waals surface area contributed by atoms with Gasteiger partial charge in [-0.05, 0) is 47.7 Å². The summed E-state index contributed by atoms with van der Waals surface area (Å²) < 4.78 is 0. The first-order valence-electron chi connectivity index (χ1n) is 10.4. The van der Waals surface area contributed by atoms with Gasteiger partial charge in [-0.2, -0.15) is 0 Å². The number of nitrogens with zero attached hydrogens (tertiary/aromatic N) is 2. The lowest BCUT2D eigenvalue weighted by atomic mass is 10.0. The molecule has 0 aromatic heterocycles. The minimum Gasteiger partial charge on any atom is -0.322 e. The highest BCUT2D eigenvalue weighted by molar-refractivity contribution is 6.05. The van der Waals surface area contributed by atoms with E-state index in [0.29, 0.717) is 30.8 Å². The topological polar surface area (TPSA) is 98.8 Å². The van der Waals surface area contributed by atoms with Crippen molar-refractivity contribution in [2.45, 2.75) is 38.4 Å². The second-order valence-electron chi connectivity index (χ2n) is 8.14. The smallest absolute Gasteiger partial charge is 0.322 e. The third-order valence-corrected chi connectivity index (χ3v) is 6.19. The van der Waals surface area contributed by atoms with Crippen LogP contribution in [0.25, 0.3) is 0 Å². The summed E-state index contributed by atoms with van der Waals surface area (Å²) in [5, 5.41) is 5.23. The van der Waals surface area contributed by atoms with Crippen LogP contribution in [0.15, 0.2) is 42.5 Å². The molecule has 2 N–H and O–H groups in total. The Morgan fingerprint density at radius 1 is 0.968 bits per heavy atom. The minimum absolute atomic E-state index is 0.180. The van der Waals surface area contributed by atoms with Crippen molar-refractivity contribution in [3.8, 4) is 0 Å². The summed E-state index contributed by atoms with van der Waals surface area (Å²) in [6.45, 7) is 1.49. The molecule has 0 spiro atoms. The van der Waals surface area contributed by atoms with Crippen LogP contribution in [0.2, 0.25) is 0 Å². The van der Waals surface area contributed by atoms with Gasteiger partial charge >= 0.3 is 6.03 Å². The van der Waals surface area contributed by atoms with Crippen molar-refractivity contribution in [2.24, 2.45) is 0 Å². The quantitative estimate of drug-likeness (QED) is 0.729. The van der Waals surface area contributed by atoms with Gasteiger partial charge in [-0.1, -0.05) is 24.3 Å². The summed E-state index contributed by atoms with van der Waals surface area (Å²) in [6, 6.07) is 12.5. The molecule has 5 rings (SSSR count). The molecule has 8 heteroatoms. The van der Waals surface area contributed by atoms with E-state index in [1.165, 1.54) is 10.5 Å². The van der Waals surface area contributed by atoms with Gasteiger partial charge in [0.15, 0.2) is 0 Å². The van der Waals surface area contributed by atoms with Crippen molar-refractivity contribution < 1.29 is 19.2 Å². The van der Waals surface area contributed by atoms with Crippen molar-refractivity contribution >= 4 is 29.4 Å². The van der Waals surface area contributed by atoms with E-state index in [4.69, 9.17) is 0 Å². The standard InChI is InChI=1S/C23H22N4O4/c28-20-8-7-19(21(29)25-20)27-13-16-11-17(5-6-18(16)22(27)30)24-23(31)26-10-9-14-3-1-2-4-15(14)12-26/h1-6,11,19H,7-10,12-13H2,(H,24,31)(H,25,28,29). The molecule has 1 atom stereocenters. The molecular weight excluding hydrogens is 396 g/mol. The maximum Gasteiger partial charge on any atom is 0.322 e. The molecule has 2 aromatic carbocycles. The molecule has 0 saturated carbocycles. The number of piperidine rings is 1. The maximum absolute atomic E-state index is 12.8. The van der Waals surface area contributed by atoms with Crippen LogP contribution < -0.4 is 10.6 Å². The average Bonchev–Trinajstić information content (AvgIpc) is 3.09. The van der Waals surface area contributed by atoms with Crippen LogP contribution >= 0.6 is 0 Å². The van der Waals surface area contributed by atoms with E-state index < -0.39 is 11.9 Å². The monoisotopic (exact) mass is 418 g/mol. The fourth-order valence-corrected chi connectivity index (χ4v) is 4.52. The lowest BCUT2D eigenvalue weighted by Crippen LogP contribution is -2.52. The Balaban J connectivity index is 1.28. The normalized spacial score (nSPS) is 20.3. The second kappa shape index (κ2) is 7.54. The SMILES string of the molecule is O=C1CCC(N2Cc3cc(NC(=O)N4CCc5ccccc5C4)ccc3C2=O)C(=O)N1. The van der Waals surface area contributed by atoms with Gasteiger partial charge < -0.3 is 15.1 Å². The van der Waals surface area contributed by atoms with Gasteiger partial charge in [-0.25, -0.2) is 4.79 Å². The molecule has 0 radical (unpaired) electrons. The molecule has 3 heterocycles. The number of carbonyl (C=O) groups excluding carboxylic acids is 4. The predicted molar refractivity (Wildman–Crippen MR) is 112 cm³/mol. The molecule has 5 amide bonds. The van der Waals surface area contributed by atoms with Crippen molar-refractivity contribution in [2.75, 3.05) is 11.9 Å². The van der Waals surface area contributed by atoms with Gasteiger partial charge in [-0.15, -0.1) is 0 Å². The summed E-state index contributed by atoms with van der Waals surface area (Å²) in [4.78, 5) is 52.4. The molecule has 0 aliphatic carbocycles. The molecule has 8 nitrogen and oxygen atoms in total. The molecule has 1 unspecified atom stereocenters. The maximum atomic E-state index is 12.8. The fraction of sp³-hybridized carbons (Fsp3) is 0.304. The minimum atomic E-state index is -0.649. The molecule has 1 saturated heterocycles. The Bertz CT molecular complexity index is 1110. The van der Waals surface area contributed by atoms with Crippen molar-refractivity contribution in [3.05, 3.63) is 64.7 Å². The largest absolute Gasteiger partial charge is 0.322 e. The number of fused-ring (bicyclic) bond motifs is 2. The van der Waals surface area contributed by atoms with E-state index in [1.807, 2.05) is 18.2 Å². The zero-order chi connectivity index (χ0) is 21.5. The van der Waals surface area contributed by atoms with Crippen molar-refractivity contribution in [1.82, 2.24) is 15.1 Å². The third kappa shape index (κ3) is 3.54. The Morgan fingerprint density at radius 2 is 1.77 bits per heavy atom. The van der Waals surface area contributed by atoms with E-state index in [0.717, 1.165) is 17.5 Å². The predicted octanol–water partition coefficient (Wildman–Crippen LogP) is 2.04. The van der Waals surface area contributed by atoms with E-state index >= 15 is 0 Å². The molecule has 158 valence electrons. The summed E-state index contributed by atoms with van der Waals surface area (Å²) in [5.41, 5.74) is 4.33. The molecule has 3 aliphatic rings. The molecule has 3 aliphatic heterocycles. The average molecular weight is 418 g/mol. The number of hydrogen-bond donors (Lipinski definition) is 2. The van der Waals surface area contributed by atoms with Crippen LogP contribution in [-0.4, -0.2) is 46.1 Å². The first-order valence-corrected chi connectivity index (χ1v) is 10.4. The van der Waals surface area contributed by atoms with Crippen LogP contribution in [0, 0.1) is 0 Å². The number of amides is 5. The number of hydrogen-bond acceptors (Lipinski definition) is 4. The number of imide groups is 1. The van der Waals surface area contributed by atoms with Crippen LogP contribution in [0.3, 0.4) is 0 Å². The Morgan fingerprint density at radius 3 is 2.58 bits per heavy atom. The second-order valence-corrected chi connectivity index (χ2v) is 8.14. The van der Waals surface area contributed by atoms with E-state index in [9.17, 15) is 19.2 Å². The number of anilines is 1. The lowest BCUT2D eigenvalue weighted by Gasteiger charge is -2.29. The number of carbonyl (C=O) groups is 4. The molecule has 1 fully saturated rings. The van der Waals surface area contributed by atoms with Crippen LogP contribution in [0.1, 0.15) is 39.9 Å². The van der Waals surface area contributed by atoms with E-state index in [-0.39, 0.29) is 30.8 Å². The van der Waals surface area contributed by atoms with Gasteiger partial charge in [0.25, 0.3) is 5.91 Å². The molecule has 0 bridgehead atoms. The number of benzene rings is 2. The van der Waals surface area contributed by atoms with Crippen molar-refractivity contribution in [1.29, 1.82) is 0 Å². The third-order valence-electron chi connectivity index (χ3n) is 6.19. The Kier molecular flexibility index (Phi) is 4.69. The van der Waals surface area contributed by atoms with E-state index in [1.54, 1.807) is 23.1 Å². The number of rotatable bonds is 2. The highest BCUT2D eigenvalue weighted by Gasteiger charge is 2.39. The van der Waals surface area contributed by atoms with Crippen LogP contribution in [0.5, 0.6) is 0 Å². The van der Waals surface area contributed by atoms with E-state index in [2.05, 4.69) is 16.7 Å². The highest BCUT2D eigenvalue weighted by Crippen LogP contribution is 2.29. The molecular formula is C23H22N4O4. The summed E-state index contributed by atoms with van der Waals surface area (Å²) in [7, 11) is 0. The zero-order valence-electron chi connectivity index (χ0n) is 16.9. The first kappa shape index (κ1) is 19.3. The number of nitrogens with one attached hydrogen (secondary N) is 2. The van der Waals surface area contributed by atoms with Gasteiger partial charge in [0.1, 0.15) is 6.04 Å². The van der Waals surface area contributed by atoms with Crippen LogP contribution in [-0.2, 0) is 29.1 Å². The Labute approximate surface area is 179 Å². The fourth-order valence-electron chi connectivity index (χ4n) is 4.52. The first-order chi connectivity index (χ1) is 15.0. The van der Waals surface area contributed by atoms with Gasteiger partial charge in [-0.3, -0.25) is 19.7 Å². The van der Waals surface area contributed by atoms with Gasteiger partial charge in [0.2, 0.25) is 11.8 Å². The highest BCUT2D eigenvalue weighted by atomic mass is 16.2. The van der Waals surface area contributed by atoms with Crippen LogP contribution in [0.4, 0.5) is 10.5 Å².